The van der Waals surface area contributed by atoms with Crippen molar-refractivity contribution in [2.24, 2.45) is 5.92 Å². The smallest absolute Gasteiger partial charge is 0.123 e. The minimum Gasteiger partial charge on any atom is -0.384 e. The van der Waals surface area contributed by atoms with Crippen molar-refractivity contribution in [3.63, 3.8) is 0 Å². The molecule has 0 saturated heterocycles. The second-order valence-electron chi connectivity index (χ2n) is 4.79. The minimum atomic E-state index is 0.429. The molecule has 2 atom stereocenters. The maximum absolute atomic E-state index is 5.91. The standard InChI is InChI=1S/C13H20N2O/c1-10-3-2-4-12(7-10)16-9-11-5-6-15-13(14)8-11/h5-6,8,10,12H,2-4,7,9H2,1H3,(H2,14,15). The third-order valence-corrected chi connectivity index (χ3v) is 3.22. The zero-order valence-electron chi connectivity index (χ0n) is 9.86. The van der Waals surface area contributed by atoms with E-state index in [9.17, 15) is 0 Å². The highest BCUT2D eigenvalue weighted by Crippen LogP contribution is 2.26. The molecular formula is C13H20N2O. The van der Waals surface area contributed by atoms with Crippen molar-refractivity contribution in [1.82, 2.24) is 4.98 Å². The Morgan fingerprint density at radius 1 is 1.50 bits per heavy atom. The molecule has 1 aliphatic carbocycles. The van der Waals surface area contributed by atoms with Crippen LogP contribution >= 0.6 is 0 Å². The van der Waals surface area contributed by atoms with E-state index in [-0.39, 0.29) is 0 Å². The lowest BCUT2D eigenvalue weighted by molar-refractivity contribution is 0.00466. The van der Waals surface area contributed by atoms with Crippen LogP contribution in [0.15, 0.2) is 18.3 Å². The molecule has 0 aliphatic heterocycles. The van der Waals surface area contributed by atoms with Gasteiger partial charge in [0, 0.05) is 6.20 Å². The molecule has 0 bridgehead atoms. The van der Waals surface area contributed by atoms with Gasteiger partial charge in [0.2, 0.25) is 0 Å². The van der Waals surface area contributed by atoms with Gasteiger partial charge >= 0.3 is 0 Å². The number of nitrogen functional groups attached to an aromatic ring is 1. The molecule has 0 radical (unpaired) electrons. The van der Waals surface area contributed by atoms with Crippen LogP contribution in [0.4, 0.5) is 5.82 Å². The van der Waals surface area contributed by atoms with E-state index in [4.69, 9.17) is 10.5 Å². The lowest BCUT2D eigenvalue weighted by Gasteiger charge is -2.26. The molecule has 0 spiro atoms. The second-order valence-corrected chi connectivity index (χ2v) is 4.79. The number of nitrogens with two attached hydrogens (primary N) is 1. The molecular weight excluding hydrogens is 200 g/mol. The SMILES string of the molecule is CC1CCCC(OCc2ccnc(N)c2)C1. The van der Waals surface area contributed by atoms with E-state index in [1.54, 1.807) is 6.20 Å². The third kappa shape index (κ3) is 3.20. The van der Waals surface area contributed by atoms with Gasteiger partial charge in [0.25, 0.3) is 0 Å². The molecule has 88 valence electrons. The largest absolute Gasteiger partial charge is 0.384 e. The Bertz CT molecular complexity index is 340. The number of pyridine rings is 1. The summed E-state index contributed by atoms with van der Waals surface area (Å²) in [5, 5.41) is 0. The molecule has 1 aromatic rings. The van der Waals surface area contributed by atoms with Gasteiger partial charge in [-0.05, 0) is 36.5 Å². The summed E-state index contributed by atoms with van der Waals surface area (Å²) in [7, 11) is 0. The van der Waals surface area contributed by atoms with E-state index >= 15 is 0 Å². The third-order valence-electron chi connectivity index (χ3n) is 3.22. The summed E-state index contributed by atoms with van der Waals surface area (Å²) in [6, 6.07) is 3.84. The molecule has 16 heavy (non-hydrogen) atoms. The predicted octanol–water partition coefficient (Wildman–Crippen LogP) is 2.76. The average Bonchev–Trinajstić information content (AvgIpc) is 2.27. The fourth-order valence-electron chi connectivity index (χ4n) is 2.33. The van der Waals surface area contributed by atoms with Crippen LogP contribution in [0.1, 0.15) is 38.2 Å². The molecule has 2 rings (SSSR count). The first-order chi connectivity index (χ1) is 7.74. The molecule has 3 nitrogen and oxygen atoms in total. The van der Waals surface area contributed by atoms with Gasteiger partial charge in [0.1, 0.15) is 5.82 Å². The van der Waals surface area contributed by atoms with Crippen molar-refractivity contribution in [2.75, 3.05) is 5.73 Å². The van der Waals surface area contributed by atoms with Crippen LogP contribution in [0.3, 0.4) is 0 Å². The summed E-state index contributed by atoms with van der Waals surface area (Å²) in [5.74, 6) is 1.37. The normalized spacial score (nSPS) is 25.6. The molecule has 0 amide bonds. The summed E-state index contributed by atoms with van der Waals surface area (Å²) >= 11 is 0. The number of rotatable bonds is 3. The van der Waals surface area contributed by atoms with E-state index in [0.29, 0.717) is 18.5 Å². The number of hydrogen-bond donors (Lipinski definition) is 1. The van der Waals surface area contributed by atoms with Crippen molar-refractivity contribution < 1.29 is 4.74 Å². The number of nitrogens with zero attached hydrogens (tertiary/aromatic N) is 1. The zero-order valence-corrected chi connectivity index (χ0v) is 9.86. The van der Waals surface area contributed by atoms with Crippen LogP contribution in [0.5, 0.6) is 0 Å². The van der Waals surface area contributed by atoms with Crippen molar-refractivity contribution in [3.8, 4) is 0 Å². The van der Waals surface area contributed by atoms with E-state index in [1.807, 2.05) is 12.1 Å². The maximum Gasteiger partial charge on any atom is 0.123 e. The lowest BCUT2D eigenvalue weighted by atomic mass is 9.89. The maximum atomic E-state index is 5.91. The van der Waals surface area contributed by atoms with Gasteiger partial charge in [-0.25, -0.2) is 4.98 Å². The molecule has 2 N–H and O–H groups in total. The van der Waals surface area contributed by atoms with Crippen LogP contribution in [0.25, 0.3) is 0 Å². The number of aromatic nitrogens is 1. The first kappa shape index (κ1) is 11.4. The number of ether oxygens (including phenoxy) is 1. The van der Waals surface area contributed by atoms with E-state index in [0.717, 1.165) is 11.5 Å². The van der Waals surface area contributed by atoms with E-state index in [1.165, 1.54) is 25.7 Å². The van der Waals surface area contributed by atoms with Crippen molar-refractivity contribution in [3.05, 3.63) is 23.9 Å². The average molecular weight is 220 g/mol. The number of hydrogen-bond acceptors (Lipinski definition) is 3. The van der Waals surface area contributed by atoms with Crippen LogP contribution in [-0.4, -0.2) is 11.1 Å². The minimum absolute atomic E-state index is 0.429. The molecule has 1 heterocycles. The Morgan fingerprint density at radius 3 is 3.12 bits per heavy atom. The summed E-state index contributed by atoms with van der Waals surface area (Å²) in [5.41, 5.74) is 6.74. The Balaban J connectivity index is 1.82. The molecule has 0 aromatic carbocycles. The van der Waals surface area contributed by atoms with E-state index < -0.39 is 0 Å². The Labute approximate surface area is 97.0 Å². The quantitative estimate of drug-likeness (QED) is 0.852. The first-order valence-corrected chi connectivity index (χ1v) is 6.06. The topological polar surface area (TPSA) is 48.1 Å². The van der Waals surface area contributed by atoms with Gasteiger partial charge in [0.05, 0.1) is 12.7 Å². The Hall–Kier alpha value is -1.09. The van der Waals surface area contributed by atoms with Crippen LogP contribution < -0.4 is 5.73 Å². The van der Waals surface area contributed by atoms with Crippen LogP contribution in [0, 0.1) is 5.92 Å². The lowest BCUT2D eigenvalue weighted by Crippen LogP contribution is -2.21. The van der Waals surface area contributed by atoms with Crippen LogP contribution in [-0.2, 0) is 11.3 Å². The molecule has 3 heteroatoms. The Morgan fingerprint density at radius 2 is 2.38 bits per heavy atom. The van der Waals surface area contributed by atoms with E-state index in [2.05, 4.69) is 11.9 Å². The van der Waals surface area contributed by atoms with Crippen molar-refractivity contribution >= 4 is 5.82 Å². The first-order valence-electron chi connectivity index (χ1n) is 6.06. The van der Waals surface area contributed by atoms with Gasteiger partial charge in [-0.3, -0.25) is 0 Å². The monoisotopic (exact) mass is 220 g/mol. The summed E-state index contributed by atoms with van der Waals surface area (Å²) in [4.78, 5) is 3.97. The van der Waals surface area contributed by atoms with Gasteiger partial charge in [-0.2, -0.15) is 0 Å². The summed E-state index contributed by atoms with van der Waals surface area (Å²) < 4.78 is 5.91. The fraction of sp³-hybridized carbons (Fsp3) is 0.615. The van der Waals surface area contributed by atoms with Gasteiger partial charge in [-0.15, -0.1) is 0 Å². The second kappa shape index (κ2) is 5.30. The highest BCUT2D eigenvalue weighted by molar-refractivity contribution is 5.31. The van der Waals surface area contributed by atoms with Gasteiger partial charge in [0.15, 0.2) is 0 Å². The molecule has 1 aliphatic rings. The Kier molecular flexibility index (Phi) is 3.78. The van der Waals surface area contributed by atoms with Crippen molar-refractivity contribution in [1.29, 1.82) is 0 Å². The van der Waals surface area contributed by atoms with Gasteiger partial charge in [-0.1, -0.05) is 19.8 Å². The van der Waals surface area contributed by atoms with Crippen molar-refractivity contribution in [2.45, 2.75) is 45.3 Å². The predicted molar refractivity (Wildman–Crippen MR) is 64.9 cm³/mol. The molecule has 1 aromatic heterocycles. The highest BCUT2D eigenvalue weighted by Gasteiger charge is 2.19. The molecule has 2 unspecified atom stereocenters. The van der Waals surface area contributed by atoms with Gasteiger partial charge < -0.3 is 10.5 Å². The highest BCUT2D eigenvalue weighted by atomic mass is 16.5. The zero-order chi connectivity index (χ0) is 11.4. The summed E-state index contributed by atoms with van der Waals surface area (Å²) in [6.07, 6.45) is 7.20. The summed E-state index contributed by atoms with van der Waals surface area (Å²) in [6.45, 7) is 2.96. The fourth-order valence-corrected chi connectivity index (χ4v) is 2.33. The molecule has 1 fully saturated rings. The van der Waals surface area contributed by atoms with Crippen LogP contribution in [0.2, 0.25) is 0 Å². The molecule has 1 saturated carbocycles. The number of anilines is 1.